The van der Waals surface area contributed by atoms with E-state index in [0.717, 1.165) is 5.69 Å². The van der Waals surface area contributed by atoms with E-state index in [-0.39, 0.29) is 74.0 Å². The highest BCUT2D eigenvalue weighted by Gasteiger charge is 2.41. The van der Waals surface area contributed by atoms with Gasteiger partial charge in [-0.25, -0.2) is 4.79 Å². The number of phenolic OH excluding ortho intramolecular Hbond substituents is 1. The number of hydrogen-bond acceptors (Lipinski definition) is 12. The van der Waals surface area contributed by atoms with Gasteiger partial charge in [-0.2, -0.15) is 0 Å². The summed E-state index contributed by atoms with van der Waals surface area (Å²) in [5, 5.41) is 34.4. The topological polar surface area (TPSA) is 233 Å². The van der Waals surface area contributed by atoms with Gasteiger partial charge in [0.15, 0.2) is 11.9 Å². The SMILES string of the molecule is Nc1nnc(-c2ccccc2O)cc1N1CCC(C(=O)NCCOCCOCCOCC(=O)Nc2cccc3c2CN(C2CCC(=O)[NH+]=C2O)C3=O)CC1. The van der Waals surface area contributed by atoms with E-state index in [2.05, 4.69) is 30.7 Å². The molecule has 0 aliphatic carbocycles. The average molecular weight is 746 g/mol. The van der Waals surface area contributed by atoms with Crippen LogP contribution in [0.1, 0.15) is 41.6 Å². The Morgan fingerprint density at radius 1 is 0.907 bits per heavy atom. The van der Waals surface area contributed by atoms with Gasteiger partial charge in [0, 0.05) is 54.5 Å². The molecule has 17 nitrogen and oxygen atoms in total. The molecule has 0 radical (unpaired) electrons. The first-order valence-corrected chi connectivity index (χ1v) is 18.0. The Labute approximate surface area is 311 Å². The van der Waals surface area contributed by atoms with Crippen molar-refractivity contribution < 1.29 is 48.6 Å². The Bertz CT molecular complexity index is 1880. The fourth-order valence-corrected chi connectivity index (χ4v) is 6.75. The number of fused-ring (bicyclic) bond motifs is 1. The molecule has 0 bridgehead atoms. The molecule has 1 fully saturated rings. The number of rotatable bonds is 16. The average Bonchev–Trinajstić information content (AvgIpc) is 3.50. The summed E-state index contributed by atoms with van der Waals surface area (Å²) in [6, 6.07) is 13.1. The first kappa shape index (κ1) is 38.1. The fraction of sp³-hybridized carbons (Fsp3) is 0.432. The molecule has 4 amide bonds. The van der Waals surface area contributed by atoms with Crippen LogP contribution in [0.15, 0.2) is 48.5 Å². The first-order chi connectivity index (χ1) is 26.2. The van der Waals surface area contributed by atoms with Crippen molar-refractivity contribution in [2.45, 2.75) is 38.3 Å². The number of para-hydroxylation sites is 1. The number of aromatic nitrogens is 2. The molecule has 286 valence electrons. The highest BCUT2D eigenvalue weighted by atomic mass is 16.5. The number of amides is 4. The molecule has 6 rings (SSSR count). The third-order valence-electron chi connectivity index (χ3n) is 9.58. The smallest absolute Gasteiger partial charge is 0.388 e. The minimum atomic E-state index is -0.631. The molecular formula is C37H45N8O9+. The van der Waals surface area contributed by atoms with Crippen molar-refractivity contribution in [2.24, 2.45) is 5.92 Å². The van der Waals surface area contributed by atoms with E-state index in [1.54, 1.807) is 36.4 Å². The Hall–Kier alpha value is -5.65. The zero-order valence-corrected chi connectivity index (χ0v) is 29.8. The van der Waals surface area contributed by atoms with Gasteiger partial charge in [0.1, 0.15) is 12.4 Å². The number of nitrogens with two attached hydrogens (primary N) is 1. The summed E-state index contributed by atoms with van der Waals surface area (Å²) < 4.78 is 16.5. The van der Waals surface area contributed by atoms with E-state index in [9.17, 15) is 29.4 Å². The lowest BCUT2D eigenvalue weighted by atomic mass is 9.95. The molecule has 1 saturated heterocycles. The standard InChI is InChI=1S/C37H44N8O9/c38-34-30(20-28(42-43-34)25-4-1-2-7-31(25)46)44-13-10-23(11-14-44)35(49)39-12-15-52-16-17-53-18-19-54-22-33(48)40-27-6-3-5-24-26(27)21-45(37(24)51)29-8-9-32(47)41-36(29)50/h1-7,20,23,29,46H,8-19,21-22H2,(H2,38,43)(H,39,49)(H,40,48)(H,41,47,50)/p+1. The number of piperidine rings is 1. The van der Waals surface area contributed by atoms with Crippen LogP contribution in [0.2, 0.25) is 0 Å². The van der Waals surface area contributed by atoms with Crippen molar-refractivity contribution in [3.63, 3.8) is 0 Å². The van der Waals surface area contributed by atoms with Gasteiger partial charge in [-0.15, -0.1) is 15.2 Å². The van der Waals surface area contributed by atoms with E-state index >= 15 is 0 Å². The van der Waals surface area contributed by atoms with Crippen LogP contribution in [0.5, 0.6) is 5.75 Å². The van der Waals surface area contributed by atoms with Gasteiger partial charge in [-0.3, -0.25) is 14.4 Å². The molecule has 2 aromatic carbocycles. The molecular weight excluding hydrogens is 700 g/mol. The highest BCUT2D eigenvalue weighted by molar-refractivity contribution is 6.04. The second-order valence-electron chi connectivity index (χ2n) is 13.1. The number of carbonyl (C=O) groups excluding carboxylic acids is 4. The molecule has 17 heteroatoms. The summed E-state index contributed by atoms with van der Waals surface area (Å²) >= 11 is 0. The van der Waals surface area contributed by atoms with Crippen LogP contribution in [0.25, 0.3) is 11.3 Å². The molecule has 4 heterocycles. The number of ether oxygens (including phenoxy) is 3. The quantitative estimate of drug-likeness (QED) is 0.107. The Balaban J connectivity index is 0.803. The van der Waals surface area contributed by atoms with Crippen LogP contribution >= 0.6 is 0 Å². The molecule has 0 saturated carbocycles. The maximum absolute atomic E-state index is 13.0. The summed E-state index contributed by atoms with van der Waals surface area (Å²) in [6.07, 6.45) is 1.82. The lowest BCUT2D eigenvalue weighted by Gasteiger charge is -2.33. The summed E-state index contributed by atoms with van der Waals surface area (Å²) in [7, 11) is 0. The van der Waals surface area contributed by atoms with E-state index in [1.807, 2.05) is 12.1 Å². The van der Waals surface area contributed by atoms with E-state index < -0.39 is 6.04 Å². The summed E-state index contributed by atoms with van der Waals surface area (Å²) in [6.45, 7) is 3.03. The minimum absolute atomic E-state index is 0.0202. The monoisotopic (exact) mass is 745 g/mol. The Kier molecular flexibility index (Phi) is 12.6. The molecule has 1 unspecified atom stereocenters. The van der Waals surface area contributed by atoms with Gasteiger partial charge in [-0.1, -0.05) is 18.2 Å². The van der Waals surface area contributed by atoms with Gasteiger partial charge in [0.25, 0.3) is 5.91 Å². The number of aliphatic hydroxyl groups is 1. The van der Waals surface area contributed by atoms with Crippen molar-refractivity contribution in [1.82, 2.24) is 20.4 Å². The number of aromatic hydroxyl groups is 1. The number of phenols is 1. The van der Waals surface area contributed by atoms with E-state index in [1.165, 1.54) is 4.90 Å². The third kappa shape index (κ3) is 9.28. The van der Waals surface area contributed by atoms with Crippen molar-refractivity contribution in [3.8, 4) is 17.0 Å². The number of carbonyl (C=O) groups is 4. The predicted octanol–water partition coefficient (Wildman–Crippen LogP) is 0.134. The molecule has 3 aliphatic heterocycles. The molecule has 54 heavy (non-hydrogen) atoms. The normalized spacial score (nSPS) is 17.3. The lowest BCUT2D eigenvalue weighted by Crippen LogP contribution is -2.82. The third-order valence-corrected chi connectivity index (χ3v) is 9.58. The second kappa shape index (κ2) is 17.9. The largest absolute Gasteiger partial charge is 0.507 e. The number of benzene rings is 2. The van der Waals surface area contributed by atoms with Crippen molar-refractivity contribution in [2.75, 3.05) is 75.2 Å². The zero-order chi connectivity index (χ0) is 38.0. The predicted molar refractivity (Wildman–Crippen MR) is 196 cm³/mol. The fourth-order valence-electron chi connectivity index (χ4n) is 6.75. The van der Waals surface area contributed by atoms with Crippen molar-refractivity contribution >= 4 is 46.7 Å². The van der Waals surface area contributed by atoms with Crippen LogP contribution < -0.4 is 26.3 Å². The van der Waals surface area contributed by atoms with E-state index in [0.29, 0.717) is 92.6 Å². The Morgan fingerprint density at radius 3 is 2.39 bits per heavy atom. The molecule has 3 aliphatic rings. The zero-order valence-electron chi connectivity index (χ0n) is 29.8. The van der Waals surface area contributed by atoms with Crippen molar-refractivity contribution in [1.29, 1.82) is 0 Å². The summed E-state index contributed by atoms with van der Waals surface area (Å²) in [4.78, 5) is 55.9. The molecule has 1 atom stereocenters. The number of nitrogens with one attached hydrogen (secondary N) is 3. The first-order valence-electron chi connectivity index (χ1n) is 18.0. The van der Waals surface area contributed by atoms with Gasteiger partial charge >= 0.3 is 11.8 Å². The summed E-state index contributed by atoms with van der Waals surface area (Å²) in [5.41, 5.74) is 9.50. The van der Waals surface area contributed by atoms with Gasteiger partial charge in [-0.05, 0) is 49.6 Å². The lowest BCUT2D eigenvalue weighted by molar-refractivity contribution is -0.394. The van der Waals surface area contributed by atoms with Crippen LogP contribution in [0.4, 0.5) is 17.2 Å². The highest BCUT2D eigenvalue weighted by Crippen LogP contribution is 2.34. The molecule has 7 N–H and O–H groups in total. The minimum Gasteiger partial charge on any atom is -0.507 e. The van der Waals surface area contributed by atoms with Crippen LogP contribution in [0, 0.1) is 5.92 Å². The maximum atomic E-state index is 13.0. The van der Waals surface area contributed by atoms with Crippen LogP contribution in [0.3, 0.4) is 0 Å². The number of nitrogen functional groups attached to an aromatic ring is 1. The second-order valence-corrected chi connectivity index (χ2v) is 13.1. The number of hydrogen-bond donors (Lipinski definition) is 6. The number of aliphatic hydroxyl groups excluding tert-OH is 1. The van der Waals surface area contributed by atoms with Crippen molar-refractivity contribution in [3.05, 3.63) is 59.7 Å². The Morgan fingerprint density at radius 2 is 1.63 bits per heavy atom. The molecule has 0 spiro atoms. The van der Waals surface area contributed by atoms with Gasteiger partial charge < -0.3 is 50.6 Å². The van der Waals surface area contributed by atoms with E-state index in [4.69, 9.17) is 19.9 Å². The molecule has 3 aromatic rings. The van der Waals surface area contributed by atoms with Gasteiger partial charge in [0.05, 0.1) is 50.8 Å². The number of anilines is 3. The van der Waals surface area contributed by atoms with Crippen LogP contribution in [-0.2, 0) is 35.1 Å². The maximum Gasteiger partial charge on any atom is 0.388 e. The molecule has 1 aromatic heterocycles. The van der Waals surface area contributed by atoms with Gasteiger partial charge in [0.2, 0.25) is 11.8 Å². The van der Waals surface area contributed by atoms with Crippen LogP contribution in [-0.4, -0.2) is 120 Å². The number of nitrogens with zero attached hydrogens (tertiary/aromatic N) is 4. The summed E-state index contributed by atoms with van der Waals surface area (Å²) in [5.74, 6) is -0.953.